The third-order valence-corrected chi connectivity index (χ3v) is 2.86. The highest BCUT2D eigenvalue weighted by Gasteiger charge is 2.19. The topological polar surface area (TPSA) is 38.3 Å². The fourth-order valence-corrected chi connectivity index (χ4v) is 1.65. The zero-order valence-electron chi connectivity index (χ0n) is 11.5. The molecule has 18 heavy (non-hydrogen) atoms. The number of nitrogens with zero attached hydrogens (tertiary/aromatic N) is 1. The second-order valence-corrected chi connectivity index (χ2v) is 4.75. The van der Waals surface area contributed by atoms with Crippen molar-refractivity contribution in [3.8, 4) is 5.75 Å². The summed E-state index contributed by atoms with van der Waals surface area (Å²) in [4.78, 5) is 11.3. The number of likely N-dealkylation sites (N-methyl/N-ethyl adjacent to an activating group) is 1. The molecule has 0 saturated heterocycles. The van der Waals surface area contributed by atoms with Crippen molar-refractivity contribution in [3.05, 3.63) is 36.4 Å². The SMILES string of the molecule is C=CC[N+](C)(C)c1ccc(C)c(OC(=O)NC)c1. The highest BCUT2D eigenvalue weighted by molar-refractivity contribution is 5.71. The quantitative estimate of drug-likeness (QED) is 0.657. The number of benzene rings is 1. The van der Waals surface area contributed by atoms with Crippen molar-refractivity contribution in [2.75, 3.05) is 27.7 Å². The van der Waals surface area contributed by atoms with E-state index in [9.17, 15) is 4.79 Å². The van der Waals surface area contributed by atoms with Crippen molar-refractivity contribution < 1.29 is 9.53 Å². The first kappa shape index (κ1) is 14.3. The Morgan fingerprint density at radius 3 is 2.72 bits per heavy atom. The van der Waals surface area contributed by atoms with Gasteiger partial charge in [-0.05, 0) is 30.7 Å². The van der Waals surface area contributed by atoms with Crippen molar-refractivity contribution >= 4 is 11.8 Å². The van der Waals surface area contributed by atoms with E-state index in [1.54, 1.807) is 7.05 Å². The van der Waals surface area contributed by atoms with Gasteiger partial charge in [0.1, 0.15) is 18.0 Å². The second-order valence-electron chi connectivity index (χ2n) is 4.75. The molecule has 1 aromatic rings. The van der Waals surface area contributed by atoms with Crippen LogP contribution in [0, 0.1) is 6.92 Å². The Morgan fingerprint density at radius 2 is 2.17 bits per heavy atom. The highest BCUT2D eigenvalue weighted by atomic mass is 16.6. The lowest BCUT2D eigenvalue weighted by atomic mass is 10.1. The maximum atomic E-state index is 11.3. The van der Waals surface area contributed by atoms with E-state index in [2.05, 4.69) is 26.0 Å². The minimum absolute atomic E-state index is 0.454. The van der Waals surface area contributed by atoms with Crippen LogP contribution in [0.2, 0.25) is 0 Å². The average Bonchev–Trinajstić information content (AvgIpc) is 2.31. The zero-order valence-corrected chi connectivity index (χ0v) is 11.5. The van der Waals surface area contributed by atoms with Gasteiger partial charge >= 0.3 is 6.09 Å². The lowest BCUT2D eigenvalue weighted by Gasteiger charge is -2.28. The molecule has 1 N–H and O–H groups in total. The lowest BCUT2D eigenvalue weighted by Crippen LogP contribution is -2.40. The van der Waals surface area contributed by atoms with Crippen LogP contribution in [0.25, 0.3) is 0 Å². The fraction of sp³-hybridized carbons (Fsp3) is 0.357. The van der Waals surface area contributed by atoms with Gasteiger partial charge in [-0.3, -0.25) is 4.48 Å². The third kappa shape index (κ3) is 3.34. The summed E-state index contributed by atoms with van der Waals surface area (Å²) < 4.78 is 5.88. The number of rotatable bonds is 4. The molecule has 0 radical (unpaired) electrons. The van der Waals surface area contributed by atoms with Crippen molar-refractivity contribution in [2.24, 2.45) is 0 Å². The largest absolute Gasteiger partial charge is 0.412 e. The van der Waals surface area contributed by atoms with Gasteiger partial charge in [0.05, 0.1) is 14.1 Å². The number of carbonyl (C=O) groups is 1. The molecule has 0 heterocycles. The summed E-state index contributed by atoms with van der Waals surface area (Å²) in [6.45, 7) is 6.48. The summed E-state index contributed by atoms with van der Waals surface area (Å²) in [5.74, 6) is 0.585. The summed E-state index contributed by atoms with van der Waals surface area (Å²) in [7, 11) is 5.70. The number of quaternary nitrogens is 1. The molecule has 0 unspecified atom stereocenters. The third-order valence-electron chi connectivity index (χ3n) is 2.86. The molecule has 1 aromatic carbocycles. The first-order valence-electron chi connectivity index (χ1n) is 5.85. The van der Waals surface area contributed by atoms with Crippen molar-refractivity contribution in [1.82, 2.24) is 9.80 Å². The minimum atomic E-state index is -0.454. The number of hydrogen-bond donors (Lipinski definition) is 1. The van der Waals surface area contributed by atoms with Crippen LogP contribution in [0.4, 0.5) is 10.5 Å². The van der Waals surface area contributed by atoms with Crippen LogP contribution in [-0.4, -0.2) is 33.8 Å². The monoisotopic (exact) mass is 249 g/mol. The molecule has 0 fully saturated rings. The molecular weight excluding hydrogens is 228 g/mol. The van der Waals surface area contributed by atoms with Crippen molar-refractivity contribution in [2.45, 2.75) is 6.92 Å². The van der Waals surface area contributed by atoms with Gasteiger partial charge in [-0.2, -0.15) is 0 Å². The molecule has 0 aliphatic heterocycles. The van der Waals surface area contributed by atoms with Gasteiger partial charge in [0.15, 0.2) is 0 Å². The fourth-order valence-electron chi connectivity index (χ4n) is 1.65. The van der Waals surface area contributed by atoms with Gasteiger partial charge in [-0.15, -0.1) is 0 Å². The molecule has 0 spiro atoms. The van der Waals surface area contributed by atoms with Gasteiger partial charge < -0.3 is 10.1 Å². The van der Waals surface area contributed by atoms with E-state index < -0.39 is 6.09 Å². The Hall–Kier alpha value is -1.81. The van der Waals surface area contributed by atoms with Crippen LogP contribution >= 0.6 is 0 Å². The zero-order chi connectivity index (χ0) is 13.8. The van der Waals surface area contributed by atoms with Gasteiger partial charge in [0.2, 0.25) is 0 Å². The standard InChI is InChI=1S/C14H20N2O2/c1-6-9-16(4,5)12-8-7-11(2)13(10-12)18-14(17)15-3/h6-8,10H,1,9H2,2-5H3/p+1. The van der Waals surface area contributed by atoms with E-state index in [0.717, 1.165) is 17.8 Å². The van der Waals surface area contributed by atoms with Gasteiger partial charge in [0, 0.05) is 13.1 Å². The van der Waals surface area contributed by atoms with Gasteiger partial charge in [-0.25, -0.2) is 4.79 Å². The van der Waals surface area contributed by atoms with Crippen molar-refractivity contribution in [3.63, 3.8) is 0 Å². The first-order chi connectivity index (χ1) is 8.40. The predicted octanol–water partition coefficient (Wildman–Crippen LogP) is 2.47. The molecule has 0 bridgehead atoms. The predicted molar refractivity (Wildman–Crippen MR) is 75.0 cm³/mol. The number of nitrogens with one attached hydrogen (secondary N) is 1. The van der Waals surface area contributed by atoms with Gasteiger partial charge in [0.25, 0.3) is 0 Å². The molecule has 1 amide bonds. The molecule has 4 heteroatoms. The normalized spacial score (nSPS) is 10.9. The number of aryl methyl sites for hydroxylation is 1. The first-order valence-corrected chi connectivity index (χ1v) is 5.85. The Kier molecular flexibility index (Phi) is 4.50. The smallest absolute Gasteiger partial charge is 0.410 e. The van der Waals surface area contributed by atoms with Crippen LogP contribution in [-0.2, 0) is 0 Å². The number of carbonyl (C=O) groups excluding carboxylic acids is 1. The molecule has 0 aromatic heterocycles. The number of ether oxygens (including phenoxy) is 1. The minimum Gasteiger partial charge on any atom is -0.410 e. The average molecular weight is 249 g/mol. The molecule has 4 nitrogen and oxygen atoms in total. The van der Waals surface area contributed by atoms with E-state index in [-0.39, 0.29) is 0 Å². The summed E-state index contributed by atoms with van der Waals surface area (Å²) in [6, 6.07) is 5.89. The summed E-state index contributed by atoms with van der Waals surface area (Å²) >= 11 is 0. The molecule has 1 rings (SSSR count). The summed E-state index contributed by atoms with van der Waals surface area (Å²) in [5, 5.41) is 2.44. The molecule has 0 aliphatic rings. The van der Waals surface area contributed by atoms with Crippen LogP contribution in [0.5, 0.6) is 5.75 Å². The summed E-state index contributed by atoms with van der Waals surface area (Å²) in [5.41, 5.74) is 2.00. The Bertz CT molecular complexity index is 453. The van der Waals surface area contributed by atoms with E-state index in [1.807, 2.05) is 31.2 Å². The van der Waals surface area contributed by atoms with E-state index in [4.69, 9.17) is 4.74 Å². The highest BCUT2D eigenvalue weighted by Crippen LogP contribution is 2.27. The Morgan fingerprint density at radius 1 is 1.50 bits per heavy atom. The van der Waals surface area contributed by atoms with Gasteiger partial charge in [-0.1, -0.05) is 6.58 Å². The molecule has 98 valence electrons. The van der Waals surface area contributed by atoms with Crippen molar-refractivity contribution in [1.29, 1.82) is 0 Å². The van der Waals surface area contributed by atoms with E-state index >= 15 is 0 Å². The number of amides is 1. The Balaban J connectivity index is 3.07. The number of hydrogen-bond acceptors (Lipinski definition) is 2. The molecule has 0 saturated carbocycles. The van der Waals surface area contributed by atoms with Crippen LogP contribution in [0.15, 0.2) is 30.9 Å². The van der Waals surface area contributed by atoms with Crippen LogP contribution in [0.3, 0.4) is 0 Å². The maximum absolute atomic E-state index is 11.3. The summed E-state index contributed by atoms with van der Waals surface area (Å²) in [6.07, 6.45) is 1.42. The van der Waals surface area contributed by atoms with Crippen LogP contribution in [0.1, 0.15) is 5.56 Å². The lowest BCUT2D eigenvalue weighted by molar-refractivity contribution is 0.202. The molecule has 0 aliphatic carbocycles. The maximum Gasteiger partial charge on any atom is 0.412 e. The van der Waals surface area contributed by atoms with E-state index in [0.29, 0.717) is 10.2 Å². The van der Waals surface area contributed by atoms with E-state index in [1.165, 1.54) is 0 Å². The molecular formula is C14H21N2O2+. The Labute approximate surface area is 108 Å². The molecule has 0 atom stereocenters. The second kappa shape index (κ2) is 5.69. The van der Waals surface area contributed by atoms with Crippen LogP contribution < -0.4 is 14.5 Å².